The zero-order chi connectivity index (χ0) is 19.5. The Balaban J connectivity index is 2.03. The Hall–Kier alpha value is -0.650. The summed E-state index contributed by atoms with van der Waals surface area (Å²) in [5.41, 5.74) is -2.91. The van der Waals surface area contributed by atoms with Crippen LogP contribution >= 0.6 is 0 Å². The molecule has 146 valence electrons. The van der Waals surface area contributed by atoms with E-state index in [1.165, 1.54) is 0 Å². The standard InChI is InChI=1S/C19H31F4NO/c1-15(2,3)14(25)13(24-16(4,5)6)11-12-7-9-17(10-8-12)18(20,21)19(17,22)23/h12-13,24H,7-11H2,1-6H3. The van der Waals surface area contributed by atoms with Crippen molar-refractivity contribution in [2.75, 3.05) is 0 Å². The van der Waals surface area contributed by atoms with Crippen molar-refractivity contribution in [3.8, 4) is 0 Å². The maximum absolute atomic E-state index is 13.5. The first-order chi connectivity index (χ1) is 11.1. The summed E-state index contributed by atoms with van der Waals surface area (Å²) >= 11 is 0. The summed E-state index contributed by atoms with van der Waals surface area (Å²) in [6.07, 6.45) is 0.837. The second kappa shape index (κ2) is 5.93. The Morgan fingerprint density at radius 1 is 1.00 bits per heavy atom. The Kier molecular flexibility index (Phi) is 4.90. The van der Waals surface area contributed by atoms with Crippen LogP contribution in [-0.4, -0.2) is 29.2 Å². The lowest BCUT2D eigenvalue weighted by Crippen LogP contribution is -2.51. The van der Waals surface area contributed by atoms with Gasteiger partial charge in [0, 0.05) is 11.0 Å². The topological polar surface area (TPSA) is 29.1 Å². The zero-order valence-corrected chi connectivity index (χ0v) is 16.1. The van der Waals surface area contributed by atoms with E-state index in [0.717, 1.165) is 0 Å². The van der Waals surface area contributed by atoms with Crippen molar-refractivity contribution in [1.82, 2.24) is 5.32 Å². The molecule has 1 spiro atoms. The molecule has 2 saturated carbocycles. The molecule has 1 atom stereocenters. The second-order valence-electron chi connectivity index (χ2n) is 9.97. The Labute approximate surface area is 148 Å². The van der Waals surface area contributed by atoms with Gasteiger partial charge in [-0.2, -0.15) is 17.6 Å². The van der Waals surface area contributed by atoms with E-state index >= 15 is 0 Å². The van der Waals surface area contributed by atoms with Crippen LogP contribution in [-0.2, 0) is 4.79 Å². The van der Waals surface area contributed by atoms with Crippen LogP contribution in [0.4, 0.5) is 17.6 Å². The molecule has 0 aromatic rings. The minimum absolute atomic E-state index is 0.0176. The molecule has 2 rings (SSSR count). The first kappa shape index (κ1) is 20.7. The highest BCUT2D eigenvalue weighted by Gasteiger charge is 2.95. The van der Waals surface area contributed by atoms with E-state index in [1.807, 2.05) is 41.5 Å². The Bertz CT molecular complexity index is 507. The summed E-state index contributed by atoms with van der Waals surface area (Å²) in [4.78, 5) is 12.8. The van der Waals surface area contributed by atoms with Crippen LogP contribution < -0.4 is 5.32 Å². The summed E-state index contributed by atoms with van der Waals surface area (Å²) < 4.78 is 54.1. The van der Waals surface area contributed by atoms with Crippen molar-refractivity contribution in [2.45, 2.75) is 97.1 Å². The van der Waals surface area contributed by atoms with Crippen molar-refractivity contribution in [3.63, 3.8) is 0 Å². The van der Waals surface area contributed by atoms with Gasteiger partial charge in [-0.1, -0.05) is 20.8 Å². The molecule has 0 amide bonds. The van der Waals surface area contributed by atoms with Crippen LogP contribution in [0.5, 0.6) is 0 Å². The fourth-order valence-corrected chi connectivity index (χ4v) is 4.17. The van der Waals surface area contributed by atoms with Crippen LogP contribution in [0.1, 0.15) is 73.6 Å². The summed E-state index contributed by atoms with van der Waals surface area (Å²) in [5, 5.41) is 3.33. The number of carbonyl (C=O) groups is 1. The lowest BCUT2D eigenvalue weighted by atomic mass is 9.74. The molecule has 2 fully saturated rings. The summed E-state index contributed by atoms with van der Waals surface area (Å²) in [6.45, 7) is 11.5. The summed E-state index contributed by atoms with van der Waals surface area (Å²) in [7, 11) is 0. The van der Waals surface area contributed by atoms with Crippen molar-refractivity contribution < 1.29 is 22.4 Å². The molecule has 0 saturated heterocycles. The molecule has 0 heterocycles. The molecule has 2 nitrogen and oxygen atoms in total. The molecule has 0 aromatic heterocycles. The van der Waals surface area contributed by atoms with E-state index in [2.05, 4.69) is 5.32 Å². The van der Waals surface area contributed by atoms with E-state index in [4.69, 9.17) is 0 Å². The highest BCUT2D eigenvalue weighted by Crippen LogP contribution is 2.77. The monoisotopic (exact) mass is 365 g/mol. The molecule has 0 bridgehead atoms. The zero-order valence-electron chi connectivity index (χ0n) is 16.1. The molecule has 2 aliphatic rings. The van der Waals surface area contributed by atoms with Crippen molar-refractivity contribution in [3.05, 3.63) is 0 Å². The number of nitrogens with one attached hydrogen (secondary N) is 1. The molecular formula is C19H31F4NO. The van der Waals surface area contributed by atoms with Gasteiger partial charge in [0.1, 0.15) is 5.41 Å². The van der Waals surface area contributed by atoms with Crippen molar-refractivity contribution in [1.29, 1.82) is 0 Å². The van der Waals surface area contributed by atoms with Crippen LogP contribution in [0.15, 0.2) is 0 Å². The number of carbonyl (C=O) groups excluding carboxylic acids is 1. The van der Waals surface area contributed by atoms with Crippen LogP contribution in [0.2, 0.25) is 0 Å². The third-order valence-electron chi connectivity index (χ3n) is 5.72. The minimum atomic E-state index is -3.87. The fourth-order valence-electron chi connectivity index (χ4n) is 4.17. The van der Waals surface area contributed by atoms with E-state index in [-0.39, 0.29) is 36.1 Å². The maximum atomic E-state index is 13.5. The summed E-state index contributed by atoms with van der Waals surface area (Å²) in [6, 6.07) is -0.390. The molecule has 1 unspecified atom stereocenters. The molecule has 25 heavy (non-hydrogen) atoms. The Morgan fingerprint density at radius 2 is 1.44 bits per heavy atom. The summed E-state index contributed by atoms with van der Waals surface area (Å²) in [5.74, 6) is -7.64. The van der Waals surface area contributed by atoms with E-state index in [1.54, 1.807) is 0 Å². The van der Waals surface area contributed by atoms with Crippen LogP contribution in [0.25, 0.3) is 0 Å². The number of Topliss-reactive ketones (excluding diaryl/α,β-unsaturated/α-hetero) is 1. The highest BCUT2D eigenvalue weighted by molar-refractivity contribution is 5.88. The maximum Gasteiger partial charge on any atom is 0.322 e. The van der Waals surface area contributed by atoms with Gasteiger partial charge in [-0.3, -0.25) is 4.79 Å². The lowest BCUT2D eigenvalue weighted by Gasteiger charge is -2.36. The van der Waals surface area contributed by atoms with Gasteiger partial charge in [0.15, 0.2) is 5.78 Å². The van der Waals surface area contributed by atoms with Gasteiger partial charge in [0.05, 0.1) is 6.04 Å². The third kappa shape index (κ3) is 3.47. The second-order valence-corrected chi connectivity index (χ2v) is 9.97. The molecule has 0 aliphatic heterocycles. The Morgan fingerprint density at radius 3 is 1.76 bits per heavy atom. The number of hydrogen-bond acceptors (Lipinski definition) is 2. The number of rotatable bonds is 4. The van der Waals surface area contributed by atoms with Gasteiger partial charge in [-0.05, 0) is 58.8 Å². The number of ketones is 1. The predicted octanol–water partition coefficient (Wildman–Crippen LogP) is 5.21. The normalized spacial score (nSPS) is 26.5. The molecule has 0 radical (unpaired) electrons. The van der Waals surface area contributed by atoms with Crippen molar-refractivity contribution >= 4 is 5.78 Å². The highest BCUT2D eigenvalue weighted by atomic mass is 19.3. The average Bonchev–Trinajstić information content (AvgIpc) is 2.75. The van der Waals surface area contributed by atoms with Crippen LogP contribution in [0, 0.1) is 16.7 Å². The van der Waals surface area contributed by atoms with Gasteiger partial charge in [-0.15, -0.1) is 0 Å². The number of alkyl halides is 4. The largest absolute Gasteiger partial charge is 0.322 e. The lowest BCUT2D eigenvalue weighted by molar-refractivity contribution is -0.129. The number of halogens is 4. The third-order valence-corrected chi connectivity index (χ3v) is 5.72. The molecule has 0 aromatic carbocycles. The number of hydrogen-bond donors (Lipinski definition) is 1. The molecule has 1 N–H and O–H groups in total. The van der Waals surface area contributed by atoms with E-state index in [0.29, 0.717) is 19.3 Å². The fraction of sp³-hybridized carbons (Fsp3) is 0.947. The first-order valence-electron chi connectivity index (χ1n) is 9.13. The van der Waals surface area contributed by atoms with Gasteiger partial charge in [0.25, 0.3) is 0 Å². The SMILES string of the molecule is CC(C)(C)NC(CC1CCC2(CC1)C(F)(F)C2(F)F)C(=O)C(C)(C)C. The van der Waals surface area contributed by atoms with E-state index < -0.39 is 22.7 Å². The van der Waals surface area contributed by atoms with Gasteiger partial charge in [0.2, 0.25) is 0 Å². The van der Waals surface area contributed by atoms with E-state index in [9.17, 15) is 22.4 Å². The quantitative estimate of drug-likeness (QED) is 0.693. The smallest absolute Gasteiger partial charge is 0.303 e. The minimum Gasteiger partial charge on any atom is -0.303 e. The van der Waals surface area contributed by atoms with Crippen LogP contribution in [0.3, 0.4) is 0 Å². The average molecular weight is 365 g/mol. The van der Waals surface area contributed by atoms with Gasteiger partial charge >= 0.3 is 11.8 Å². The molecule has 6 heteroatoms. The first-order valence-corrected chi connectivity index (χ1v) is 9.13. The predicted molar refractivity (Wildman–Crippen MR) is 90.0 cm³/mol. The molecular weight excluding hydrogens is 334 g/mol. The molecule has 2 aliphatic carbocycles. The van der Waals surface area contributed by atoms with Gasteiger partial charge < -0.3 is 5.32 Å². The van der Waals surface area contributed by atoms with Gasteiger partial charge in [-0.25, -0.2) is 0 Å². The van der Waals surface area contributed by atoms with Crippen molar-refractivity contribution in [2.24, 2.45) is 16.7 Å².